The average Bonchev–Trinajstić information content (AvgIpc) is 2.72. The fraction of sp³-hybridized carbons (Fsp3) is 0.778. The Balaban J connectivity index is 2.29. The summed E-state index contributed by atoms with van der Waals surface area (Å²) >= 11 is 0. The van der Waals surface area contributed by atoms with Crippen molar-refractivity contribution in [1.82, 2.24) is 0 Å². The molecule has 0 amide bonds. The van der Waals surface area contributed by atoms with Gasteiger partial charge < -0.3 is 0 Å². The van der Waals surface area contributed by atoms with Crippen LogP contribution in [-0.4, -0.2) is 18.1 Å². The second-order valence-electron chi connectivity index (χ2n) is 9.85. The van der Waals surface area contributed by atoms with E-state index in [-0.39, 0.29) is 0 Å². The zero-order valence-corrected chi connectivity index (χ0v) is 21.8. The molecule has 0 aromatic heterocycles. The first kappa shape index (κ1) is 28.6. The minimum Gasteiger partial charge on any atom is -0.192 e. The van der Waals surface area contributed by atoms with Gasteiger partial charge in [-0.1, -0.05) is 122 Å². The van der Waals surface area contributed by atoms with Crippen molar-refractivity contribution < 1.29 is 13.9 Å². The number of unbranched alkanes of at least 4 members (excludes halogenated alkanes) is 8. The van der Waals surface area contributed by atoms with E-state index in [0.717, 1.165) is 30.2 Å². The number of rotatable bonds is 20. The Morgan fingerprint density at radius 1 is 0.645 bits per heavy atom. The molecule has 1 aromatic rings. The lowest BCUT2D eigenvalue weighted by atomic mass is 10.0. The van der Waals surface area contributed by atoms with Crippen LogP contribution in [0.4, 0.5) is 0 Å². The van der Waals surface area contributed by atoms with Gasteiger partial charge in [-0.25, -0.2) is 0 Å². The molecule has 0 aliphatic heterocycles. The number of hydrogen-bond acceptors (Lipinski definition) is 3. The molecule has 0 radical (unpaired) electrons. The van der Waals surface area contributed by atoms with Gasteiger partial charge in [0.1, 0.15) is 0 Å². The van der Waals surface area contributed by atoms with Crippen LogP contribution in [0, 0.1) is 11.8 Å². The molecule has 0 aliphatic rings. The first-order valence-electron chi connectivity index (χ1n) is 12.8. The van der Waals surface area contributed by atoms with E-state index < -0.39 is 7.94 Å². The summed E-state index contributed by atoms with van der Waals surface area (Å²) in [7, 11) is -2.84. The van der Waals surface area contributed by atoms with Crippen molar-refractivity contribution in [2.45, 2.75) is 111 Å². The summed E-state index contributed by atoms with van der Waals surface area (Å²) in [4.78, 5) is 11.1. The van der Waals surface area contributed by atoms with Crippen LogP contribution < -0.4 is 0 Å². The molecule has 180 valence electrons. The highest BCUT2D eigenvalue weighted by Crippen LogP contribution is 2.60. The minimum atomic E-state index is -2.84. The molecule has 1 rings (SSSR count). The van der Waals surface area contributed by atoms with Crippen LogP contribution in [0.15, 0.2) is 30.3 Å². The molecule has 0 saturated heterocycles. The van der Waals surface area contributed by atoms with Gasteiger partial charge in [-0.05, 0) is 30.2 Å². The molecule has 31 heavy (non-hydrogen) atoms. The van der Waals surface area contributed by atoms with Crippen LogP contribution >= 0.6 is 7.94 Å². The quantitative estimate of drug-likeness (QED) is 0.158. The molecule has 0 atom stereocenters. The first-order chi connectivity index (χ1) is 14.9. The van der Waals surface area contributed by atoms with E-state index in [1.165, 1.54) is 64.2 Å². The molecule has 0 unspecified atom stereocenters. The van der Waals surface area contributed by atoms with Gasteiger partial charge in [0.25, 0.3) is 0 Å². The van der Waals surface area contributed by atoms with Crippen molar-refractivity contribution in [2.75, 3.05) is 13.2 Å². The average molecular weight is 454 g/mol. The van der Waals surface area contributed by atoms with E-state index in [1.54, 1.807) is 0 Å². The Hall–Kier alpha value is -0.470. The largest absolute Gasteiger partial charge is 0.413 e. The second kappa shape index (κ2) is 18.0. The van der Waals surface area contributed by atoms with Gasteiger partial charge >= 0.3 is 7.94 Å². The van der Waals surface area contributed by atoms with E-state index in [4.69, 9.17) is 9.05 Å². The highest BCUT2D eigenvalue weighted by molar-refractivity contribution is 7.59. The van der Waals surface area contributed by atoms with E-state index in [1.807, 2.05) is 30.3 Å². The lowest BCUT2D eigenvalue weighted by Gasteiger charge is -2.17. The second-order valence-corrected chi connectivity index (χ2v) is 12.0. The highest BCUT2D eigenvalue weighted by Gasteiger charge is 2.40. The molecule has 1 N–H and O–H groups in total. The maximum Gasteiger partial charge on any atom is 0.413 e. The zero-order valence-electron chi connectivity index (χ0n) is 20.9. The monoisotopic (exact) mass is 453 g/mol. The van der Waals surface area contributed by atoms with Gasteiger partial charge in [0.15, 0.2) is 6.16 Å². The fourth-order valence-corrected chi connectivity index (χ4v) is 5.49. The third-order valence-electron chi connectivity index (χ3n) is 5.66. The van der Waals surface area contributed by atoms with Gasteiger partial charge in [0, 0.05) is 0 Å². The summed E-state index contributed by atoms with van der Waals surface area (Å²) in [5.41, 5.74) is 1.08. The van der Waals surface area contributed by atoms with Crippen LogP contribution in [-0.2, 0) is 15.2 Å². The topological polar surface area (TPSA) is 38.7 Å². The van der Waals surface area contributed by atoms with E-state index in [2.05, 4.69) is 27.7 Å². The van der Waals surface area contributed by atoms with Crippen molar-refractivity contribution in [3.05, 3.63) is 35.9 Å². The molecular formula is C27H50O3P+. The predicted octanol–water partition coefficient (Wildman–Crippen LogP) is 8.97. The Labute approximate surface area is 193 Å². The highest BCUT2D eigenvalue weighted by atomic mass is 31.2. The van der Waals surface area contributed by atoms with Crippen molar-refractivity contribution >= 4 is 7.94 Å². The number of hydrogen-bond donors (Lipinski definition) is 1. The summed E-state index contributed by atoms with van der Waals surface area (Å²) in [6.45, 7) is 10.3. The first-order valence-corrected chi connectivity index (χ1v) is 14.6. The van der Waals surface area contributed by atoms with Crippen molar-refractivity contribution in [3.63, 3.8) is 0 Å². The normalized spacial score (nSPS) is 12.2. The Morgan fingerprint density at radius 3 is 1.52 bits per heavy atom. The zero-order chi connectivity index (χ0) is 22.8. The SMILES string of the molecule is CC(C)CCCCCCCO[P+](O)(Cc1ccccc1)OCCCCCCCC(C)C. The standard InChI is InChI=1S/C27H50O3P/c1-25(2)18-12-7-5-9-16-22-29-31(28,24-27-20-14-11-15-21-27)30-23-17-10-6-8-13-19-26(3)4/h11,14-15,20-21,25-26,28H,5-10,12-13,16-19,22-24H2,1-4H3/q+1. The molecule has 0 fully saturated rings. The summed E-state index contributed by atoms with van der Waals surface area (Å²) in [5.74, 6) is 1.61. The molecule has 0 bridgehead atoms. The maximum absolute atomic E-state index is 11.1. The Bertz CT molecular complexity index is 494. The van der Waals surface area contributed by atoms with Gasteiger partial charge in [-0.15, -0.1) is 0 Å². The maximum atomic E-state index is 11.1. The summed E-state index contributed by atoms with van der Waals surface area (Å²) in [6, 6.07) is 10.1. The molecule has 1 aromatic carbocycles. The van der Waals surface area contributed by atoms with Gasteiger partial charge in [-0.3, -0.25) is 0 Å². The van der Waals surface area contributed by atoms with Crippen LogP contribution in [0.3, 0.4) is 0 Å². The Kier molecular flexibility index (Phi) is 16.6. The van der Waals surface area contributed by atoms with Crippen molar-refractivity contribution in [3.8, 4) is 0 Å². The molecule has 0 spiro atoms. The molecule has 0 heterocycles. The molecular weight excluding hydrogens is 403 g/mol. The lowest BCUT2D eigenvalue weighted by molar-refractivity contribution is 0.168. The smallest absolute Gasteiger partial charge is 0.192 e. The van der Waals surface area contributed by atoms with E-state index in [9.17, 15) is 4.89 Å². The molecule has 4 heteroatoms. The Morgan fingerprint density at radius 2 is 1.06 bits per heavy atom. The third-order valence-corrected chi connectivity index (χ3v) is 7.60. The minimum absolute atomic E-state index is 0.483. The van der Waals surface area contributed by atoms with E-state index in [0.29, 0.717) is 19.4 Å². The van der Waals surface area contributed by atoms with Gasteiger partial charge in [0.05, 0.1) is 13.2 Å². The predicted molar refractivity (Wildman–Crippen MR) is 136 cm³/mol. The van der Waals surface area contributed by atoms with Crippen molar-refractivity contribution in [1.29, 1.82) is 0 Å². The lowest BCUT2D eigenvalue weighted by Crippen LogP contribution is -2.08. The van der Waals surface area contributed by atoms with Crippen LogP contribution in [0.5, 0.6) is 0 Å². The molecule has 0 saturated carbocycles. The third kappa shape index (κ3) is 16.8. The van der Waals surface area contributed by atoms with Crippen LogP contribution in [0.1, 0.15) is 110 Å². The summed E-state index contributed by atoms with van der Waals surface area (Å²) in [5, 5.41) is 0. The van der Waals surface area contributed by atoms with Gasteiger partial charge in [-0.2, -0.15) is 13.9 Å². The van der Waals surface area contributed by atoms with E-state index >= 15 is 0 Å². The van der Waals surface area contributed by atoms with Crippen LogP contribution in [0.2, 0.25) is 0 Å². The van der Waals surface area contributed by atoms with Crippen LogP contribution in [0.25, 0.3) is 0 Å². The molecule has 0 aliphatic carbocycles. The fourth-order valence-electron chi connectivity index (χ4n) is 3.73. The van der Waals surface area contributed by atoms with Crippen molar-refractivity contribution in [2.24, 2.45) is 11.8 Å². The van der Waals surface area contributed by atoms with Gasteiger partial charge in [0.2, 0.25) is 0 Å². The number of benzene rings is 1. The summed E-state index contributed by atoms with van der Waals surface area (Å²) in [6.07, 6.45) is 15.2. The summed E-state index contributed by atoms with van der Waals surface area (Å²) < 4.78 is 12.0. The molecule has 3 nitrogen and oxygen atoms in total.